The lowest BCUT2D eigenvalue weighted by Gasteiger charge is -2.10. The largest absolute Gasteiger partial charge is 0.228 e. The lowest BCUT2D eigenvalue weighted by Crippen LogP contribution is -1.96. The van der Waals surface area contributed by atoms with Crippen LogP contribution in [0.15, 0.2) is 34.8 Å². The second-order valence-electron chi connectivity index (χ2n) is 4.89. The molecule has 1 aromatic heterocycles. The first-order valence-corrected chi connectivity index (χ1v) is 7.53. The first kappa shape index (κ1) is 14.4. The van der Waals surface area contributed by atoms with Gasteiger partial charge in [0.25, 0.3) is 0 Å². The maximum atomic E-state index is 13.5. The van der Waals surface area contributed by atoms with Crippen molar-refractivity contribution < 1.29 is 4.39 Å². The second-order valence-corrected chi connectivity index (χ2v) is 6.10. The predicted octanol–water partition coefficient (Wildman–Crippen LogP) is 5.47. The molecule has 5 heteroatoms. The van der Waals surface area contributed by atoms with Crippen molar-refractivity contribution in [1.29, 1.82) is 0 Å². The van der Waals surface area contributed by atoms with Gasteiger partial charge in [0, 0.05) is 10.0 Å². The fourth-order valence-electron chi connectivity index (χ4n) is 2.25. The van der Waals surface area contributed by atoms with Crippen LogP contribution >= 0.6 is 27.5 Å². The van der Waals surface area contributed by atoms with Crippen LogP contribution < -0.4 is 0 Å². The number of halogens is 3. The van der Waals surface area contributed by atoms with E-state index in [1.54, 1.807) is 6.07 Å². The minimum absolute atomic E-state index is 0.318. The van der Waals surface area contributed by atoms with Crippen molar-refractivity contribution in [2.45, 2.75) is 13.8 Å². The first-order valence-electron chi connectivity index (χ1n) is 6.36. The number of rotatable bonds is 1. The highest BCUT2D eigenvalue weighted by Gasteiger charge is 2.14. The average molecular weight is 366 g/mol. The molecule has 0 aliphatic rings. The molecule has 0 saturated carbocycles. The topological polar surface area (TPSA) is 25.8 Å². The fourth-order valence-corrected chi connectivity index (χ4v) is 3.14. The van der Waals surface area contributed by atoms with Gasteiger partial charge in [0.05, 0.1) is 10.9 Å². The van der Waals surface area contributed by atoms with Crippen LogP contribution in [-0.4, -0.2) is 9.97 Å². The van der Waals surface area contributed by atoms with E-state index in [-0.39, 0.29) is 5.82 Å². The molecule has 0 aliphatic heterocycles. The Labute approximate surface area is 135 Å². The van der Waals surface area contributed by atoms with E-state index in [0.29, 0.717) is 16.5 Å². The van der Waals surface area contributed by atoms with Crippen molar-refractivity contribution in [3.8, 4) is 11.4 Å². The number of fused-ring (bicyclic) bond motifs is 1. The maximum absolute atomic E-state index is 13.5. The van der Waals surface area contributed by atoms with Crippen LogP contribution in [0.4, 0.5) is 4.39 Å². The minimum atomic E-state index is -0.318. The quantitative estimate of drug-likeness (QED) is 0.534. The van der Waals surface area contributed by atoms with Crippen molar-refractivity contribution in [1.82, 2.24) is 9.97 Å². The van der Waals surface area contributed by atoms with Gasteiger partial charge >= 0.3 is 0 Å². The van der Waals surface area contributed by atoms with Gasteiger partial charge in [-0.1, -0.05) is 23.7 Å². The van der Waals surface area contributed by atoms with E-state index < -0.39 is 0 Å². The summed E-state index contributed by atoms with van der Waals surface area (Å²) in [7, 11) is 0. The molecule has 0 bridgehead atoms. The van der Waals surface area contributed by atoms with Gasteiger partial charge in [-0.3, -0.25) is 0 Å². The SMILES string of the molecule is Cc1ccc(F)cc1-c1nc(Cl)c2c(Br)ccc(C)c2n1. The maximum Gasteiger partial charge on any atom is 0.161 e. The van der Waals surface area contributed by atoms with Crippen LogP contribution in [0.3, 0.4) is 0 Å². The van der Waals surface area contributed by atoms with Gasteiger partial charge in [-0.15, -0.1) is 0 Å². The average Bonchev–Trinajstić information content (AvgIpc) is 2.45. The van der Waals surface area contributed by atoms with Crippen LogP contribution in [0.5, 0.6) is 0 Å². The molecule has 0 spiro atoms. The van der Waals surface area contributed by atoms with Crippen LogP contribution in [0, 0.1) is 19.7 Å². The van der Waals surface area contributed by atoms with Gasteiger partial charge in [-0.25, -0.2) is 14.4 Å². The molecule has 106 valence electrons. The standard InChI is InChI=1S/C16H11BrClFN2/c1-8-3-5-10(19)7-11(8)16-20-14-9(2)4-6-12(17)13(14)15(18)21-16/h3-7H,1-2H3. The van der Waals surface area contributed by atoms with Gasteiger partial charge in [0.2, 0.25) is 0 Å². The Hall–Kier alpha value is -1.52. The van der Waals surface area contributed by atoms with E-state index >= 15 is 0 Å². The smallest absolute Gasteiger partial charge is 0.161 e. The van der Waals surface area contributed by atoms with Crippen molar-refractivity contribution in [3.05, 3.63) is 56.9 Å². The molecule has 0 saturated heterocycles. The molecular weight excluding hydrogens is 355 g/mol. The lowest BCUT2D eigenvalue weighted by molar-refractivity contribution is 0.628. The monoisotopic (exact) mass is 364 g/mol. The Morgan fingerprint density at radius 3 is 2.52 bits per heavy atom. The van der Waals surface area contributed by atoms with E-state index in [1.165, 1.54) is 12.1 Å². The summed E-state index contributed by atoms with van der Waals surface area (Å²) >= 11 is 9.77. The number of hydrogen-bond acceptors (Lipinski definition) is 2. The summed E-state index contributed by atoms with van der Waals surface area (Å²) in [5, 5.41) is 1.13. The molecule has 2 aromatic carbocycles. The summed E-state index contributed by atoms with van der Waals surface area (Å²) in [6, 6.07) is 8.43. The van der Waals surface area contributed by atoms with Gasteiger partial charge in [-0.2, -0.15) is 0 Å². The summed E-state index contributed by atoms with van der Waals surface area (Å²) in [5.41, 5.74) is 3.31. The number of hydrogen-bond donors (Lipinski definition) is 0. The molecule has 21 heavy (non-hydrogen) atoms. The molecular formula is C16H11BrClFN2. The molecule has 0 radical (unpaired) electrons. The molecule has 0 N–H and O–H groups in total. The van der Waals surface area contributed by atoms with Crippen molar-refractivity contribution in [3.63, 3.8) is 0 Å². The third kappa shape index (κ3) is 2.54. The molecule has 3 aromatic rings. The Bertz CT molecular complexity index is 865. The lowest BCUT2D eigenvalue weighted by atomic mass is 10.1. The van der Waals surface area contributed by atoms with Crippen molar-refractivity contribution in [2.24, 2.45) is 0 Å². The zero-order valence-electron chi connectivity index (χ0n) is 11.4. The summed E-state index contributed by atoms with van der Waals surface area (Å²) < 4.78 is 14.3. The number of benzene rings is 2. The van der Waals surface area contributed by atoms with Crippen molar-refractivity contribution in [2.75, 3.05) is 0 Å². The van der Waals surface area contributed by atoms with Crippen LogP contribution in [-0.2, 0) is 0 Å². The van der Waals surface area contributed by atoms with E-state index in [9.17, 15) is 4.39 Å². The Balaban J connectivity index is 2.35. The van der Waals surface area contributed by atoms with E-state index in [0.717, 1.165) is 26.5 Å². The highest BCUT2D eigenvalue weighted by atomic mass is 79.9. The number of aryl methyl sites for hydroxylation is 2. The molecule has 2 nitrogen and oxygen atoms in total. The van der Waals surface area contributed by atoms with Crippen LogP contribution in [0.2, 0.25) is 5.15 Å². The summed E-state index contributed by atoms with van der Waals surface area (Å²) in [4.78, 5) is 8.91. The molecule has 0 fully saturated rings. The predicted molar refractivity (Wildman–Crippen MR) is 87.1 cm³/mol. The van der Waals surface area contributed by atoms with Gasteiger partial charge in [0.1, 0.15) is 11.0 Å². The molecule has 3 rings (SSSR count). The number of nitrogens with zero attached hydrogens (tertiary/aromatic N) is 2. The second kappa shape index (κ2) is 5.35. The van der Waals surface area contributed by atoms with E-state index in [4.69, 9.17) is 11.6 Å². The molecule has 0 atom stereocenters. The highest BCUT2D eigenvalue weighted by molar-refractivity contribution is 9.10. The zero-order chi connectivity index (χ0) is 15.1. The molecule has 0 aliphatic carbocycles. The third-order valence-corrected chi connectivity index (χ3v) is 4.33. The van der Waals surface area contributed by atoms with Crippen LogP contribution in [0.25, 0.3) is 22.3 Å². The Kier molecular flexibility index (Phi) is 3.68. The van der Waals surface area contributed by atoms with Gasteiger partial charge in [-0.05, 0) is 59.1 Å². The fraction of sp³-hybridized carbons (Fsp3) is 0.125. The molecule has 0 unspecified atom stereocenters. The number of aromatic nitrogens is 2. The normalized spacial score (nSPS) is 11.1. The van der Waals surface area contributed by atoms with Gasteiger partial charge in [0.15, 0.2) is 5.82 Å². The minimum Gasteiger partial charge on any atom is -0.228 e. The summed E-state index contributed by atoms with van der Waals surface area (Å²) in [5.74, 6) is 0.118. The van der Waals surface area contributed by atoms with E-state index in [2.05, 4.69) is 25.9 Å². The molecule has 0 amide bonds. The third-order valence-electron chi connectivity index (χ3n) is 3.40. The van der Waals surface area contributed by atoms with E-state index in [1.807, 2.05) is 26.0 Å². The zero-order valence-corrected chi connectivity index (χ0v) is 13.8. The van der Waals surface area contributed by atoms with Gasteiger partial charge < -0.3 is 0 Å². The summed E-state index contributed by atoms with van der Waals surface area (Å²) in [6.07, 6.45) is 0. The first-order chi connectivity index (χ1) is 9.97. The highest BCUT2D eigenvalue weighted by Crippen LogP contribution is 2.33. The summed E-state index contributed by atoms with van der Waals surface area (Å²) in [6.45, 7) is 3.85. The van der Waals surface area contributed by atoms with Crippen molar-refractivity contribution >= 4 is 38.4 Å². The Morgan fingerprint density at radius 1 is 1.05 bits per heavy atom. The molecule has 1 heterocycles. The Morgan fingerprint density at radius 2 is 1.76 bits per heavy atom. The van der Waals surface area contributed by atoms with Crippen LogP contribution in [0.1, 0.15) is 11.1 Å².